The minimum Gasteiger partial charge on any atom is -0.343 e. The van der Waals surface area contributed by atoms with Gasteiger partial charge in [-0.1, -0.05) is 0 Å². The Balaban J connectivity index is 2.99. The van der Waals surface area contributed by atoms with Crippen LogP contribution in [0.3, 0.4) is 0 Å². The molecule has 0 aromatic heterocycles. The van der Waals surface area contributed by atoms with Crippen molar-refractivity contribution in [2.24, 2.45) is 5.84 Å². The number of nitrogens with one attached hydrogen (secondary N) is 2. The molecule has 10 heteroatoms. The number of rotatable bonds is 4. The van der Waals surface area contributed by atoms with E-state index in [4.69, 9.17) is 5.84 Å². The van der Waals surface area contributed by atoms with Gasteiger partial charge in [-0.15, -0.1) is 0 Å². The highest BCUT2D eigenvalue weighted by molar-refractivity contribution is 6.00. The fourth-order valence-corrected chi connectivity index (χ4v) is 1.24. The Hall–Kier alpha value is -2.36. The lowest BCUT2D eigenvalue weighted by Gasteiger charge is -2.11. The van der Waals surface area contributed by atoms with Crippen molar-refractivity contribution in [2.75, 3.05) is 12.0 Å². The number of nitrogens with two attached hydrogens (primary N) is 1. The lowest BCUT2D eigenvalue weighted by molar-refractivity contribution is -0.384. The normalized spacial score (nSPS) is 10.9. The maximum atomic E-state index is 12.0. The fourth-order valence-electron chi connectivity index (χ4n) is 1.24. The van der Waals surface area contributed by atoms with Crippen molar-refractivity contribution < 1.29 is 22.9 Å². The van der Waals surface area contributed by atoms with E-state index < -0.39 is 29.2 Å². The van der Waals surface area contributed by atoms with Gasteiger partial charge in [-0.25, -0.2) is 0 Å². The molecule has 0 spiro atoms. The number of non-ortho nitro benzene ring substituents is 1. The number of halogens is 3. The summed E-state index contributed by atoms with van der Waals surface area (Å²) >= 11 is 0. The summed E-state index contributed by atoms with van der Waals surface area (Å²) in [6, 6.07) is 3.03. The van der Waals surface area contributed by atoms with E-state index in [9.17, 15) is 28.1 Å². The zero-order valence-corrected chi connectivity index (χ0v) is 9.32. The third kappa shape index (κ3) is 4.10. The van der Waals surface area contributed by atoms with Crippen molar-refractivity contribution in [1.29, 1.82) is 0 Å². The third-order valence-electron chi connectivity index (χ3n) is 2.06. The molecule has 4 N–H and O–H groups in total. The van der Waals surface area contributed by atoms with Crippen molar-refractivity contribution in [3.63, 3.8) is 0 Å². The number of hydrazine groups is 1. The van der Waals surface area contributed by atoms with Crippen LogP contribution in [0.15, 0.2) is 18.2 Å². The largest absolute Gasteiger partial charge is 0.405 e. The van der Waals surface area contributed by atoms with E-state index in [1.165, 1.54) is 0 Å². The van der Waals surface area contributed by atoms with Crippen LogP contribution in [0.2, 0.25) is 0 Å². The lowest BCUT2D eigenvalue weighted by atomic mass is 10.1. The van der Waals surface area contributed by atoms with Crippen LogP contribution in [-0.2, 0) is 0 Å². The molecular formula is C9H9F3N4O3. The van der Waals surface area contributed by atoms with E-state index in [-0.39, 0.29) is 11.3 Å². The molecule has 0 atom stereocenters. The maximum absolute atomic E-state index is 12.0. The number of carbonyl (C=O) groups excluding carboxylic acids is 1. The molecule has 1 rings (SSSR count). The molecule has 0 aliphatic rings. The van der Waals surface area contributed by atoms with Crippen LogP contribution in [0.4, 0.5) is 24.5 Å². The van der Waals surface area contributed by atoms with E-state index >= 15 is 0 Å². The smallest absolute Gasteiger partial charge is 0.343 e. The molecular weight excluding hydrogens is 269 g/mol. The number of benzene rings is 1. The summed E-state index contributed by atoms with van der Waals surface area (Å²) in [7, 11) is 0. The van der Waals surface area contributed by atoms with E-state index in [2.05, 4.69) is 5.43 Å². The molecule has 7 nitrogen and oxygen atoms in total. The van der Waals surface area contributed by atoms with Crippen molar-refractivity contribution in [3.05, 3.63) is 33.9 Å². The van der Waals surface area contributed by atoms with E-state index in [1.54, 1.807) is 5.32 Å². The number of nitrogen functional groups attached to an aromatic ring is 1. The molecule has 0 bridgehead atoms. The summed E-state index contributed by atoms with van der Waals surface area (Å²) in [5.74, 6) is 3.96. The fraction of sp³-hybridized carbons (Fsp3) is 0.222. The van der Waals surface area contributed by atoms with E-state index in [0.717, 1.165) is 18.2 Å². The van der Waals surface area contributed by atoms with Gasteiger partial charge in [-0.2, -0.15) is 13.2 Å². The van der Waals surface area contributed by atoms with Crippen molar-refractivity contribution >= 4 is 17.3 Å². The van der Waals surface area contributed by atoms with Crippen LogP contribution in [0.25, 0.3) is 0 Å². The molecule has 0 unspecified atom stereocenters. The number of carbonyl (C=O) groups is 1. The first-order chi connectivity index (χ1) is 8.74. The molecule has 19 heavy (non-hydrogen) atoms. The van der Waals surface area contributed by atoms with Crippen LogP contribution in [0.1, 0.15) is 10.4 Å². The highest BCUT2D eigenvalue weighted by Crippen LogP contribution is 2.22. The first-order valence-corrected chi connectivity index (χ1v) is 4.84. The number of alkyl halides is 3. The number of anilines is 1. The van der Waals surface area contributed by atoms with Crippen LogP contribution < -0.4 is 16.6 Å². The summed E-state index contributed by atoms with van der Waals surface area (Å²) in [6.45, 7) is -1.54. The van der Waals surface area contributed by atoms with Gasteiger partial charge < -0.3 is 10.7 Å². The van der Waals surface area contributed by atoms with Gasteiger partial charge >= 0.3 is 6.18 Å². The van der Waals surface area contributed by atoms with Gasteiger partial charge in [0.15, 0.2) is 0 Å². The molecule has 0 aliphatic heterocycles. The number of nitrogens with zero attached hydrogens (tertiary/aromatic N) is 1. The molecule has 0 fully saturated rings. The Morgan fingerprint density at radius 1 is 1.42 bits per heavy atom. The Morgan fingerprint density at radius 2 is 2.05 bits per heavy atom. The van der Waals surface area contributed by atoms with Gasteiger partial charge in [0.2, 0.25) is 0 Å². The Bertz CT molecular complexity index is 504. The highest BCUT2D eigenvalue weighted by Gasteiger charge is 2.28. The number of hydrogen-bond acceptors (Lipinski definition) is 5. The summed E-state index contributed by atoms with van der Waals surface area (Å²) in [4.78, 5) is 21.3. The van der Waals surface area contributed by atoms with E-state index in [1.807, 2.05) is 0 Å². The predicted molar refractivity (Wildman–Crippen MR) is 59.3 cm³/mol. The minimum atomic E-state index is -4.58. The number of amides is 1. The van der Waals surface area contributed by atoms with Crippen LogP contribution in [0.5, 0.6) is 0 Å². The van der Waals surface area contributed by atoms with Crippen LogP contribution in [0, 0.1) is 10.1 Å². The topological polar surface area (TPSA) is 110 Å². The lowest BCUT2D eigenvalue weighted by Crippen LogP contribution is -2.34. The molecule has 1 aromatic rings. The molecule has 104 valence electrons. The highest BCUT2D eigenvalue weighted by atomic mass is 19.4. The molecule has 1 amide bonds. The van der Waals surface area contributed by atoms with Gasteiger partial charge in [0.1, 0.15) is 6.54 Å². The number of hydrogen-bond donors (Lipinski definition) is 3. The number of nitro groups is 1. The summed E-state index contributed by atoms with van der Waals surface area (Å²) in [5.41, 5.74) is 1.27. The summed E-state index contributed by atoms with van der Waals surface area (Å²) < 4.78 is 35.9. The standard InChI is InChI=1S/C9H9F3N4O3/c10-9(11,12)4-14-8(17)6-3-5(16(18)19)1-2-7(6)15-13/h1-3,15H,4,13H2,(H,14,17). The van der Waals surface area contributed by atoms with Crippen molar-refractivity contribution in [1.82, 2.24) is 5.32 Å². The van der Waals surface area contributed by atoms with Crippen LogP contribution >= 0.6 is 0 Å². The van der Waals surface area contributed by atoms with Gasteiger partial charge in [0.05, 0.1) is 16.2 Å². The second-order valence-corrected chi connectivity index (χ2v) is 3.43. The second kappa shape index (κ2) is 5.52. The molecule has 0 aliphatic carbocycles. The van der Waals surface area contributed by atoms with Crippen LogP contribution in [-0.4, -0.2) is 23.6 Å². The maximum Gasteiger partial charge on any atom is 0.405 e. The zero-order chi connectivity index (χ0) is 14.6. The Labute approximate surface area is 104 Å². The van der Waals surface area contributed by atoms with Crippen molar-refractivity contribution in [3.8, 4) is 0 Å². The van der Waals surface area contributed by atoms with E-state index in [0.29, 0.717) is 0 Å². The van der Waals surface area contributed by atoms with Gasteiger partial charge in [-0.3, -0.25) is 20.8 Å². The number of nitro benzene ring substituents is 1. The summed E-state index contributed by atoms with van der Waals surface area (Å²) in [6.07, 6.45) is -4.58. The van der Waals surface area contributed by atoms with Gasteiger partial charge in [-0.05, 0) is 6.07 Å². The SMILES string of the molecule is NNc1ccc([N+](=O)[O-])cc1C(=O)NCC(F)(F)F. The molecule has 1 aromatic carbocycles. The Morgan fingerprint density at radius 3 is 2.53 bits per heavy atom. The first kappa shape index (κ1) is 14.7. The second-order valence-electron chi connectivity index (χ2n) is 3.43. The quantitative estimate of drug-likeness (QED) is 0.435. The molecule has 0 saturated carbocycles. The summed E-state index contributed by atoms with van der Waals surface area (Å²) in [5, 5.41) is 12.1. The van der Waals surface area contributed by atoms with Gasteiger partial charge in [0.25, 0.3) is 11.6 Å². The predicted octanol–water partition coefficient (Wildman–Crippen LogP) is 1.17. The minimum absolute atomic E-state index is 0.0229. The molecule has 0 saturated heterocycles. The molecule has 0 radical (unpaired) electrons. The Kier molecular flexibility index (Phi) is 4.27. The monoisotopic (exact) mass is 278 g/mol. The average molecular weight is 278 g/mol. The average Bonchev–Trinajstić information content (AvgIpc) is 2.34. The molecule has 0 heterocycles. The third-order valence-corrected chi connectivity index (χ3v) is 2.06. The van der Waals surface area contributed by atoms with Gasteiger partial charge in [0, 0.05) is 12.1 Å². The zero-order valence-electron chi connectivity index (χ0n) is 9.32. The van der Waals surface area contributed by atoms with Crippen molar-refractivity contribution in [2.45, 2.75) is 6.18 Å². The first-order valence-electron chi connectivity index (χ1n) is 4.84.